The Kier molecular flexibility index (Phi) is 11.1. The number of amides is 2. The van der Waals surface area contributed by atoms with Crippen molar-refractivity contribution in [2.45, 2.75) is 54.7 Å². The van der Waals surface area contributed by atoms with Gasteiger partial charge in [-0.15, -0.1) is 17.7 Å². The molecule has 4 rings (SSSR count). The fraction of sp³-hybridized carbons (Fsp3) is 0.484. The molecule has 2 aliphatic heterocycles. The summed E-state index contributed by atoms with van der Waals surface area (Å²) in [6, 6.07) is 14.3. The minimum Gasteiger partial charge on any atom is -0.481 e. The topological polar surface area (TPSA) is 108 Å². The Morgan fingerprint density at radius 2 is 1.72 bits per heavy atom. The van der Waals surface area contributed by atoms with Gasteiger partial charge in [-0.25, -0.2) is 13.9 Å². The summed E-state index contributed by atoms with van der Waals surface area (Å²) >= 11 is 1.46. The van der Waals surface area contributed by atoms with Crippen molar-refractivity contribution in [3.05, 3.63) is 60.2 Å². The van der Waals surface area contributed by atoms with Crippen LogP contribution in [-0.4, -0.2) is 96.8 Å². The Balaban J connectivity index is 1.56. The lowest BCUT2D eigenvalue weighted by Crippen LogP contribution is -2.63. The number of piperazine rings is 1. The minimum absolute atomic E-state index is 0.00295. The van der Waals surface area contributed by atoms with Crippen LogP contribution in [0.25, 0.3) is 0 Å². The maximum absolute atomic E-state index is 14.2. The molecule has 0 aromatic heterocycles. The normalized spacial score (nSPS) is 21.0. The standard InChI is InChI=1S/C31H40N4O6S2/c1-5-6-20-40-25-12-14-27(15-13-25)43(38,39)35-22-26(21-28(36)34-18-16-33(4)17-19-34)42-31(2,3)29(35)30(37)32-41-23-24-10-8-7-9-11-24/h7-15,26,29H,16-23H2,1-4H3,(H,32,37). The number of carbonyl (C=O) groups excluding carboxylic acids is 2. The Morgan fingerprint density at radius 1 is 1.05 bits per heavy atom. The summed E-state index contributed by atoms with van der Waals surface area (Å²) in [5.74, 6) is 5.45. The van der Waals surface area contributed by atoms with Gasteiger partial charge in [0, 0.05) is 49.1 Å². The summed E-state index contributed by atoms with van der Waals surface area (Å²) in [6.45, 7) is 8.57. The van der Waals surface area contributed by atoms with Crippen LogP contribution in [0.1, 0.15) is 32.8 Å². The van der Waals surface area contributed by atoms with Crippen molar-refractivity contribution in [1.29, 1.82) is 0 Å². The highest BCUT2D eigenvalue weighted by Crippen LogP contribution is 2.43. The summed E-state index contributed by atoms with van der Waals surface area (Å²) in [5, 5.41) is -0.346. The summed E-state index contributed by atoms with van der Waals surface area (Å²) in [6.07, 6.45) is 0.175. The molecule has 2 aromatic rings. The third-order valence-electron chi connectivity index (χ3n) is 7.48. The predicted molar refractivity (Wildman–Crippen MR) is 167 cm³/mol. The van der Waals surface area contributed by atoms with Gasteiger partial charge in [0.25, 0.3) is 5.91 Å². The Bertz CT molecular complexity index is 1420. The lowest BCUT2D eigenvalue weighted by molar-refractivity contribution is -0.139. The molecule has 2 aliphatic rings. The first-order valence-corrected chi connectivity index (χ1v) is 16.6. The quantitative estimate of drug-likeness (QED) is 0.316. The second-order valence-electron chi connectivity index (χ2n) is 11.1. The van der Waals surface area contributed by atoms with Crippen LogP contribution in [0.2, 0.25) is 0 Å². The summed E-state index contributed by atoms with van der Waals surface area (Å²) in [5.41, 5.74) is 3.35. The SMILES string of the molecule is CC#CCOc1ccc(S(=O)(=O)N2CC(CC(=O)N3CCN(C)CC3)SC(C)(C)C2C(=O)NOCc2ccccc2)cc1. The van der Waals surface area contributed by atoms with Crippen molar-refractivity contribution in [3.63, 3.8) is 0 Å². The Morgan fingerprint density at radius 3 is 2.37 bits per heavy atom. The highest BCUT2D eigenvalue weighted by atomic mass is 32.2. The number of ether oxygens (including phenoxy) is 1. The molecule has 232 valence electrons. The molecule has 12 heteroatoms. The molecule has 0 saturated carbocycles. The molecule has 43 heavy (non-hydrogen) atoms. The average Bonchev–Trinajstić information content (AvgIpc) is 2.97. The number of thioether (sulfide) groups is 1. The van der Waals surface area contributed by atoms with Crippen LogP contribution in [0, 0.1) is 11.8 Å². The number of sulfonamides is 1. The molecule has 0 radical (unpaired) electrons. The molecular formula is C31H40N4O6S2. The van der Waals surface area contributed by atoms with E-state index in [0.717, 1.165) is 18.7 Å². The van der Waals surface area contributed by atoms with Crippen molar-refractivity contribution < 1.29 is 27.6 Å². The van der Waals surface area contributed by atoms with Gasteiger partial charge in [0.05, 0.1) is 11.5 Å². The van der Waals surface area contributed by atoms with Crippen molar-refractivity contribution in [2.75, 3.05) is 46.4 Å². The Labute approximate surface area is 259 Å². The molecule has 2 fully saturated rings. The fourth-order valence-corrected chi connectivity index (χ4v) is 8.82. The van der Waals surface area contributed by atoms with Crippen molar-refractivity contribution >= 4 is 33.6 Å². The first kappa shape index (κ1) is 32.8. The van der Waals surface area contributed by atoms with Gasteiger partial charge in [-0.05, 0) is 57.6 Å². The lowest BCUT2D eigenvalue weighted by Gasteiger charge is -2.47. The van der Waals surface area contributed by atoms with Crippen molar-refractivity contribution in [1.82, 2.24) is 19.6 Å². The van der Waals surface area contributed by atoms with Gasteiger partial charge in [0.2, 0.25) is 15.9 Å². The molecule has 2 heterocycles. The number of nitrogens with zero attached hydrogens (tertiary/aromatic N) is 3. The molecule has 0 aliphatic carbocycles. The molecular weight excluding hydrogens is 588 g/mol. The highest BCUT2D eigenvalue weighted by molar-refractivity contribution is 8.01. The van der Waals surface area contributed by atoms with E-state index in [-0.39, 0.29) is 42.2 Å². The van der Waals surface area contributed by atoms with Crippen LogP contribution in [0.3, 0.4) is 0 Å². The van der Waals surface area contributed by atoms with E-state index in [2.05, 4.69) is 22.2 Å². The van der Waals surface area contributed by atoms with Crippen LogP contribution < -0.4 is 10.2 Å². The van der Waals surface area contributed by atoms with Gasteiger partial charge < -0.3 is 14.5 Å². The van der Waals surface area contributed by atoms with Crippen LogP contribution >= 0.6 is 11.8 Å². The third kappa shape index (κ3) is 8.52. The lowest BCUT2D eigenvalue weighted by atomic mass is 10.0. The largest absolute Gasteiger partial charge is 0.481 e. The predicted octanol–water partition coefficient (Wildman–Crippen LogP) is 2.75. The third-order valence-corrected chi connectivity index (χ3v) is 10.8. The highest BCUT2D eigenvalue weighted by Gasteiger charge is 2.51. The zero-order valence-electron chi connectivity index (χ0n) is 25.1. The van der Waals surface area contributed by atoms with E-state index in [0.29, 0.717) is 18.8 Å². The number of hydrogen-bond donors (Lipinski definition) is 1. The number of hydroxylamine groups is 1. The van der Waals surface area contributed by atoms with E-state index < -0.39 is 26.7 Å². The van der Waals surface area contributed by atoms with Gasteiger partial charge >= 0.3 is 0 Å². The molecule has 1 N–H and O–H groups in total. The molecule has 2 unspecified atom stereocenters. The van der Waals surface area contributed by atoms with E-state index in [1.807, 2.05) is 56.1 Å². The molecule has 0 bridgehead atoms. The zero-order chi connectivity index (χ0) is 31.0. The molecule has 10 nitrogen and oxygen atoms in total. The van der Waals surface area contributed by atoms with Gasteiger partial charge in [-0.2, -0.15) is 4.31 Å². The number of likely N-dealkylation sites (N-methyl/N-ethyl adjacent to an activating group) is 1. The molecule has 2 atom stereocenters. The van der Waals surface area contributed by atoms with E-state index in [1.54, 1.807) is 19.1 Å². The van der Waals surface area contributed by atoms with Crippen LogP contribution in [0.5, 0.6) is 5.75 Å². The molecule has 2 amide bonds. The smallest absolute Gasteiger partial charge is 0.263 e. The molecule has 0 spiro atoms. The zero-order valence-corrected chi connectivity index (χ0v) is 26.7. The number of benzene rings is 2. The molecule has 2 aromatic carbocycles. The summed E-state index contributed by atoms with van der Waals surface area (Å²) in [7, 11) is -2.13. The number of carbonyl (C=O) groups is 2. The van der Waals surface area contributed by atoms with Gasteiger partial charge in [0.1, 0.15) is 18.4 Å². The maximum atomic E-state index is 14.2. The van der Waals surface area contributed by atoms with E-state index in [1.165, 1.54) is 28.2 Å². The average molecular weight is 629 g/mol. The number of hydrogen-bond acceptors (Lipinski definition) is 8. The van der Waals surface area contributed by atoms with E-state index in [4.69, 9.17) is 9.57 Å². The maximum Gasteiger partial charge on any atom is 0.263 e. The Hall–Kier alpha value is -3.08. The number of nitrogens with one attached hydrogen (secondary N) is 1. The van der Waals surface area contributed by atoms with E-state index >= 15 is 0 Å². The second kappa shape index (κ2) is 14.6. The van der Waals surface area contributed by atoms with Crippen LogP contribution in [0.15, 0.2) is 59.5 Å². The van der Waals surface area contributed by atoms with Crippen molar-refractivity contribution in [2.24, 2.45) is 0 Å². The summed E-state index contributed by atoms with van der Waals surface area (Å²) < 4.78 is 34.2. The van der Waals surface area contributed by atoms with Crippen LogP contribution in [-0.2, 0) is 31.1 Å². The van der Waals surface area contributed by atoms with Gasteiger partial charge in [0.15, 0.2) is 0 Å². The minimum atomic E-state index is -4.16. The summed E-state index contributed by atoms with van der Waals surface area (Å²) in [4.78, 5) is 36.4. The molecule has 2 saturated heterocycles. The first-order chi connectivity index (χ1) is 20.5. The van der Waals surface area contributed by atoms with Gasteiger partial charge in [-0.3, -0.25) is 14.4 Å². The number of rotatable bonds is 10. The monoisotopic (exact) mass is 628 g/mol. The van der Waals surface area contributed by atoms with Crippen molar-refractivity contribution in [3.8, 4) is 17.6 Å². The fourth-order valence-electron chi connectivity index (χ4n) is 5.21. The first-order valence-electron chi connectivity index (χ1n) is 14.3. The van der Waals surface area contributed by atoms with Crippen LogP contribution in [0.4, 0.5) is 0 Å². The van der Waals surface area contributed by atoms with E-state index in [9.17, 15) is 18.0 Å². The van der Waals surface area contributed by atoms with Gasteiger partial charge in [-0.1, -0.05) is 36.3 Å². The second-order valence-corrected chi connectivity index (χ2v) is 15.0.